The maximum atomic E-state index is 9.87. The Hall–Kier alpha value is -1.31. The summed E-state index contributed by atoms with van der Waals surface area (Å²) in [5, 5.41) is 9.87. The average molecular weight is 199 g/mol. The fraction of sp³-hybridized carbons (Fsp3) is 0.462. The Morgan fingerprint density at radius 2 is 2.33 bits per heavy atom. The van der Waals surface area contributed by atoms with E-state index in [4.69, 9.17) is 0 Å². The van der Waals surface area contributed by atoms with Crippen molar-refractivity contribution in [3.05, 3.63) is 29.3 Å². The van der Waals surface area contributed by atoms with Crippen molar-refractivity contribution in [1.29, 1.82) is 0 Å². The van der Waals surface area contributed by atoms with Crippen LogP contribution in [0.2, 0.25) is 0 Å². The highest BCUT2D eigenvalue weighted by Gasteiger charge is 2.61. The van der Waals surface area contributed by atoms with Crippen molar-refractivity contribution in [2.24, 2.45) is 16.3 Å². The van der Waals surface area contributed by atoms with Crippen LogP contribution in [0, 0.1) is 11.3 Å². The number of hydrogen-bond donors (Lipinski definition) is 1. The number of hydrogen-bond acceptors (Lipinski definition) is 2. The topological polar surface area (TPSA) is 32.6 Å². The number of rotatable bonds is 0. The number of nitrogens with zero attached hydrogens (tertiary/aromatic N) is 1. The van der Waals surface area contributed by atoms with Gasteiger partial charge in [-0.05, 0) is 36.0 Å². The van der Waals surface area contributed by atoms with Crippen molar-refractivity contribution in [3.63, 3.8) is 0 Å². The van der Waals surface area contributed by atoms with Crippen LogP contribution in [0.4, 0.5) is 0 Å². The van der Waals surface area contributed by atoms with E-state index in [0.717, 1.165) is 25.3 Å². The maximum Gasteiger partial charge on any atom is 0.119 e. The molecule has 0 amide bonds. The average Bonchev–Trinajstić information content (AvgIpc) is 2.82. The van der Waals surface area contributed by atoms with Gasteiger partial charge in [0.15, 0.2) is 0 Å². The predicted octanol–water partition coefficient (Wildman–Crippen LogP) is 1.95. The third-order valence-electron chi connectivity index (χ3n) is 4.41. The molecule has 1 saturated carbocycles. The molecule has 1 N–H and O–H groups in total. The Labute approximate surface area is 88.7 Å². The van der Waals surface area contributed by atoms with Gasteiger partial charge in [-0.2, -0.15) is 0 Å². The van der Waals surface area contributed by atoms with Crippen molar-refractivity contribution in [2.45, 2.75) is 19.3 Å². The monoisotopic (exact) mass is 199 g/mol. The first-order valence-corrected chi connectivity index (χ1v) is 5.63. The van der Waals surface area contributed by atoms with Crippen LogP contribution < -0.4 is 0 Å². The van der Waals surface area contributed by atoms with Gasteiger partial charge in [0.25, 0.3) is 0 Å². The van der Waals surface area contributed by atoms with Gasteiger partial charge >= 0.3 is 0 Å². The van der Waals surface area contributed by atoms with Crippen LogP contribution in [0.25, 0.3) is 0 Å². The van der Waals surface area contributed by atoms with Gasteiger partial charge in [-0.3, -0.25) is 4.99 Å². The zero-order valence-corrected chi connectivity index (χ0v) is 8.53. The second-order valence-electron chi connectivity index (χ2n) is 5.11. The Morgan fingerprint density at radius 3 is 3.20 bits per heavy atom. The molecule has 15 heavy (non-hydrogen) atoms. The summed E-state index contributed by atoms with van der Waals surface area (Å²) in [4.78, 5) is 4.64. The number of aliphatic imine (C=N–C) groups is 1. The van der Waals surface area contributed by atoms with E-state index in [-0.39, 0.29) is 0 Å². The minimum atomic E-state index is 0.381. The van der Waals surface area contributed by atoms with E-state index in [2.05, 4.69) is 11.1 Å². The zero-order valence-electron chi connectivity index (χ0n) is 8.53. The Bertz CT molecular complexity index is 491. The lowest BCUT2D eigenvalue weighted by Crippen LogP contribution is -2.26. The lowest BCUT2D eigenvalue weighted by molar-refractivity contribution is 0.459. The summed E-state index contributed by atoms with van der Waals surface area (Å²) >= 11 is 0. The molecule has 1 fully saturated rings. The first-order chi connectivity index (χ1) is 7.29. The third kappa shape index (κ3) is 0.834. The Balaban J connectivity index is 1.89. The molecule has 0 radical (unpaired) electrons. The molecule has 1 aromatic carbocycles. The van der Waals surface area contributed by atoms with E-state index in [1.807, 2.05) is 12.1 Å². The highest BCUT2D eigenvalue weighted by Crippen LogP contribution is 2.62. The molecule has 2 aliphatic carbocycles. The van der Waals surface area contributed by atoms with Crippen LogP contribution in [0.5, 0.6) is 5.75 Å². The third-order valence-corrected chi connectivity index (χ3v) is 4.41. The molecule has 1 heterocycles. The largest absolute Gasteiger partial charge is 0.508 e. The smallest absolute Gasteiger partial charge is 0.119 e. The van der Waals surface area contributed by atoms with E-state index >= 15 is 0 Å². The molecule has 0 aromatic heterocycles. The van der Waals surface area contributed by atoms with Crippen LogP contribution in [-0.2, 0) is 12.8 Å². The quantitative estimate of drug-likeness (QED) is 0.680. The van der Waals surface area contributed by atoms with Crippen molar-refractivity contribution >= 4 is 5.71 Å². The molecule has 0 bridgehead atoms. The van der Waals surface area contributed by atoms with E-state index in [0.29, 0.717) is 11.2 Å². The predicted molar refractivity (Wildman–Crippen MR) is 58.4 cm³/mol. The van der Waals surface area contributed by atoms with Gasteiger partial charge in [-0.15, -0.1) is 0 Å². The zero-order chi connectivity index (χ0) is 10.0. The van der Waals surface area contributed by atoms with Gasteiger partial charge in [0.05, 0.1) is 0 Å². The van der Waals surface area contributed by atoms with Crippen LogP contribution in [-0.4, -0.2) is 17.4 Å². The summed E-state index contributed by atoms with van der Waals surface area (Å²) in [5.74, 6) is 1.28. The van der Waals surface area contributed by atoms with Crippen LogP contribution >= 0.6 is 0 Å². The van der Waals surface area contributed by atoms with Gasteiger partial charge < -0.3 is 5.11 Å². The van der Waals surface area contributed by atoms with Gasteiger partial charge in [0.1, 0.15) is 5.75 Å². The number of phenols is 1. The summed E-state index contributed by atoms with van der Waals surface area (Å²) in [6, 6.07) is 5.87. The summed E-state index contributed by atoms with van der Waals surface area (Å²) in [6.07, 6.45) is 3.30. The molecule has 1 aliphatic heterocycles. The lowest BCUT2D eigenvalue weighted by Gasteiger charge is -2.25. The number of benzene rings is 1. The van der Waals surface area contributed by atoms with Crippen LogP contribution in [0.15, 0.2) is 23.2 Å². The molecule has 4 rings (SSSR count). The SMILES string of the molecule is Oc1cccc2c1CC13CC1CN=C3C2. The van der Waals surface area contributed by atoms with E-state index in [1.54, 1.807) is 0 Å². The van der Waals surface area contributed by atoms with Crippen molar-refractivity contribution < 1.29 is 5.11 Å². The maximum absolute atomic E-state index is 9.87. The van der Waals surface area contributed by atoms with E-state index in [9.17, 15) is 5.11 Å². The first kappa shape index (κ1) is 7.91. The summed E-state index contributed by atoms with van der Waals surface area (Å²) in [7, 11) is 0. The second kappa shape index (κ2) is 2.26. The fourth-order valence-electron chi connectivity index (χ4n) is 3.39. The van der Waals surface area contributed by atoms with E-state index in [1.165, 1.54) is 23.3 Å². The first-order valence-electron chi connectivity index (χ1n) is 5.63. The molecule has 76 valence electrons. The minimum Gasteiger partial charge on any atom is -0.508 e. The van der Waals surface area contributed by atoms with Gasteiger partial charge in [0.2, 0.25) is 0 Å². The molecule has 2 atom stereocenters. The fourth-order valence-corrected chi connectivity index (χ4v) is 3.39. The van der Waals surface area contributed by atoms with E-state index < -0.39 is 0 Å². The van der Waals surface area contributed by atoms with Crippen LogP contribution in [0.1, 0.15) is 17.5 Å². The molecular formula is C13H13NO. The molecular weight excluding hydrogens is 186 g/mol. The molecule has 1 spiro atoms. The summed E-state index contributed by atoms with van der Waals surface area (Å²) < 4.78 is 0. The summed E-state index contributed by atoms with van der Waals surface area (Å²) in [6.45, 7) is 1.03. The molecule has 2 nitrogen and oxygen atoms in total. The molecule has 1 aromatic rings. The van der Waals surface area contributed by atoms with Gasteiger partial charge in [-0.25, -0.2) is 0 Å². The number of phenolic OH excluding ortho intramolecular Hbond substituents is 1. The molecule has 2 unspecified atom stereocenters. The van der Waals surface area contributed by atoms with Crippen LogP contribution in [0.3, 0.4) is 0 Å². The van der Waals surface area contributed by atoms with Gasteiger partial charge in [-0.1, -0.05) is 12.1 Å². The minimum absolute atomic E-state index is 0.381. The molecule has 2 heteroatoms. The number of aromatic hydroxyl groups is 1. The molecule has 3 aliphatic rings. The normalized spacial score (nSPS) is 35.2. The van der Waals surface area contributed by atoms with Crippen molar-refractivity contribution in [2.75, 3.05) is 6.54 Å². The summed E-state index contributed by atoms with van der Waals surface area (Å²) in [5.41, 5.74) is 4.25. The standard InChI is InChI=1S/C13H13NO/c15-11-3-1-2-8-4-12-13(6-10(8)11)5-9(13)7-14-12/h1-3,9,15H,4-7H2. The Morgan fingerprint density at radius 1 is 1.40 bits per heavy atom. The highest BCUT2D eigenvalue weighted by molar-refractivity contribution is 5.98. The lowest BCUT2D eigenvalue weighted by atomic mass is 9.79. The number of fused-ring (bicyclic) bond motifs is 1. The Kier molecular flexibility index (Phi) is 1.19. The second-order valence-corrected chi connectivity index (χ2v) is 5.11. The van der Waals surface area contributed by atoms with Crippen molar-refractivity contribution in [1.82, 2.24) is 0 Å². The highest BCUT2D eigenvalue weighted by atomic mass is 16.3. The van der Waals surface area contributed by atoms with Crippen molar-refractivity contribution in [3.8, 4) is 5.75 Å². The van der Waals surface area contributed by atoms with Gasteiger partial charge in [0, 0.05) is 24.1 Å². The molecule has 0 saturated heterocycles.